The summed E-state index contributed by atoms with van der Waals surface area (Å²) in [4.78, 5) is 4.83. The Bertz CT molecular complexity index is 148. The van der Waals surface area contributed by atoms with Crippen LogP contribution in [0.3, 0.4) is 0 Å². The first-order valence-corrected chi connectivity index (χ1v) is 6.67. The third-order valence-corrected chi connectivity index (χ3v) is 2.98. The van der Waals surface area contributed by atoms with Crippen molar-refractivity contribution >= 4 is 0 Å². The highest BCUT2D eigenvalue weighted by Crippen LogP contribution is 2.05. The average Bonchev–Trinajstić information content (AvgIpc) is 2.25. The highest BCUT2D eigenvalue weighted by atomic mass is 15.2. The SMILES string of the molecule is CCCN(CCCC(C)CN)CCN(C)C. The second-order valence-corrected chi connectivity index (χ2v) is 5.13. The van der Waals surface area contributed by atoms with Crippen molar-refractivity contribution in [3.05, 3.63) is 0 Å². The van der Waals surface area contributed by atoms with Gasteiger partial charge in [0.05, 0.1) is 0 Å². The van der Waals surface area contributed by atoms with E-state index < -0.39 is 0 Å². The van der Waals surface area contributed by atoms with E-state index in [1.54, 1.807) is 0 Å². The Balaban J connectivity index is 3.67. The topological polar surface area (TPSA) is 32.5 Å². The molecule has 0 aromatic carbocycles. The first-order chi connectivity index (χ1) is 7.60. The standard InChI is InChI=1S/C13H31N3/c1-5-8-16(11-10-15(3)4)9-6-7-13(2)12-14/h13H,5-12,14H2,1-4H3. The minimum atomic E-state index is 0.678. The molecule has 1 atom stereocenters. The van der Waals surface area contributed by atoms with Crippen molar-refractivity contribution in [2.45, 2.75) is 33.1 Å². The summed E-state index contributed by atoms with van der Waals surface area (Å²) in [5.41, 5.74) is 5.63. The molecule has 3 nitrogen and oxygen atoms in total. The molecule has 0 spiro atoms. The summed E-state index contributed by atoms with van der Waals surface area (Å²) >= 11 is 0. The molecule has 0 rings (SSSR count). The zero-order valence-corrected chi connectivity index (χ0v) is 11.7. The van der Waals surface area contributed by atoms with E-state index >= 15 is 0 Å². The van der Waals surface area contributed by atoms with Crippen LogP contribution in [-0.4, -0.2) is 56.6 Å². The van der Waals surface area contributed by atoms with E-state index in [1.807, 2.05) is 0 Å². The maximum Gasteiger partial charge on any atom is 0.0109 e. The molecule has 0 bridgehead atoms. The Labute approximate surface area is 102 Å². The summed E-state index contributed by atoms with van der Waals surface area (Å²) in [6.07, 6.45) is 3.80. The average molecular weight is 229 g/mol. The van der Waals surface area contributed by atoms with E-state index in [-0.39, 0.29) is 0 Å². The molecule has 0 aromatic heterocycles. The zero-order chi connectivity index (χ0) is 12.4. The van der Waals surface area contributed by atoms with Crippen LogP contribution in [0.5, 0.6) is 0 Å². The molecule has 0 radical (unpaired) electrons. The van der Waals surface area contributed by atoms with Gasteiger partial charge in [-0.2, -0.15) is 0 Å². The maximum atomic E-state index is 5.63. The van der Waals surface area contributed by atoms with E-state index in [0.29, 0.717) is 5.92 Å². The predicted molar refractivity (Wildman–Crippen MR) is 72.7 cm³/mol. The Morgan fingerprint density at radius 2 is 1.75 bits per heavy atom. The van der Waals surface area contributed by atoms with Crippen molar-refractivity contribution in [2.24, 2.45) is 11.7 Å². The maximum absolute atomic E-state index is 5.63. The van der Waals surface area contributed by atoms with Crippen LogP contribution in [0, 0.1) is 5.92 Å². The van der Waals surface area contributed by atoms with Gasteiger partial charge in [-0.3, -0.25) is 0 Å². The molecule has 98 valence electrons. The Kier molecular flexibility index (Phi) is 9.99. The molecule has 0 amide bonds. The number of nitrogens with zero attached hydrogens (tertiary/aromatic N) is 2. The Hall–Kier alpha value is -0.120. The number of hydrogen-bond acceptors (Lipinski definition) is 3. The van der Waals surface area contributed by atoms with Crippen molar-refractivity contribution in [1.29, 1.82) is 0 Å². The summed E-state index contributed by atoms with van der Waals surface area (Å²) in [5.74, 6) is 0.678. The lowest BCUT2D eigenvalue weighted by atomic mass is 10.1. The van der Waals surface area contributed by atoms with Gasteiger partial charge in [0.1, 0.15) is 0 Å². The monoisotopic (exact) mass is 229 g/mol. The van der Waals surface area contributed by atoms with Crippen LogP contribution in [0.4, 0.5) is 0 Å². The van der Waals surface area contributed by atoms with Gasteiger partial charge >= 0.3 is 0 Å². The van der Waals surface area contributed by atoms with Gasteiger partial charge in [0.2, 0.25) is 0 Å². The number of nitrogens with two attached hydrogens (primary N) is 1. The second-order valence-electron chi connectivity index (χ2n) is 5.13. The third kappa shape index (κ3) is 9.13. The largest absolute Gasteiger partial charge is 0.330 e. The quantitative estimate of drug-likeness (QED) is 0.618. The molecule has 0 fully saturated rings. The lowest BCUT2D eigenvalue weighted by molar-refractivity contribution is 0.233. The molecule has 0 heterocycles. The van der Waals surface area contributed by atoms with Crippen molar-refractivity contribution in [3.8, 4) is 0 Å². The van der Waals surface area contributed by atoms with Crippen molar-refractivity contribution in [2.75, 3.05) is 46.8 Å². The molecule has 0 aliphatic heterocycles. The molecular formula is C13H31N3. The Morgan fingerprint density at radius 1 is 1.06 bits per heavy atom. The van der Waals surface area contributed by atoms with E-state index in [2.05, 4.69) is 37.7 Å². The molecule has 1 unspecified atom stereocenters. The van der Waals surface area contributed by atoms with Crippen LogP contribution in [-0.2, 0) is 0 Å². The molecular weight excluding hydrogens is 198 g/mol. The van der Waals surface area contributed by atoms with Gasteiger partial charge in [-0.1, -0.05) is 13.8 Å². The number of hydrogen-bond donors (Lipinski definition) is 1. The van der Waals surface area contributed by atoms with E-state index in [4.69, 9.17) is 5.73 Å². The van der Waals surface area contributed by atoms with Gasteiger partial charge < -0.3 is 15.5 Å². The normalized spacial score (nSPS) is 13.7. The van der Waals surface area contributed by atoms with E-state index in [1.165, 1.54) is 38.9 Å². The van der Waals surface area contributed by atoms with Crippen LogP contribution in [0.2, 0.25) is 0 Å². The summed E-state index contributed by atoms with van der Waals surface area (Å²) in [7, 11) is 4.28. The fraction of sp³-hybridized carbons (Fsp3) is 1.00. The fourth-order valence-electron chi connectivity index (χ4n) is 1.77. The van der Waals surface area contributed by atoms with Gasteiger partial charge in [-0.05, 0) is 58.9 Å². The lowest BCUT2D eigenvalue weighted by Crippen LogP contribution is -2.33. The summed E-state index contributed by atoms with van der Waals surface area (Å²) < 4.78 is 0. The van der Waals surface area contributed by atoms with Crippen LogP contribution in [0.25, 0.3) is 0 Å². The van der Waals surface area contributed by atoms with Crippen molar-refractivity contribution in [3.63, 3.8) is 0 Å². The van der Waals surface area contributed by atoms with Crippen LogP contribution in [0.15, 0.2) is 0 Å². The molecule has 3 heteroatoms. The molecule has 16 heavy (non-hydrogen) atoms. The van der Waals surface area contributed by atoms with Crippen LogP contribution < -0.4 is 5.73 Å². The van der Waals surface area contributed by atoms with Crippen LogP contribution in [0.1, 0.15) is 33.1 Å². The predicted octanol–water partition coefficient (Wildman–Crippen LogP) is 1.64. The summed E-state index contributed by atoms with van der Waals surface area (Å²) in [6.45, 7) is 10.1. The molecule has 0 saturated heterocycles. The number of likely N-dealkylation sites (N-methyl/N-ethyl adjacent to an activating group) is 1. The minimum absolute atomic E-state index is 0.678. The molecule has 0 aliphatic carbocycles. The summed E-state index contributed by atoms with van der Waals surface area (Å²) in [6, 6.07) is 0. The van der Waals surface area contributed by atoms with Gasteiger partial charge in [-0.25, -0.2) is 0 Å². The summed E-state index contributed by atoms with van der Waals surface area (Å²) in [5, 5.41) is 0. The van der Waals surface area contributed by atoms with E-state index in [9.17, 15) is 0 Å². The molecule has 0 saturated carbocycles. The van der Waals surface area contributed by atoms with Gasteiger partial charge in [0, 0.05) is 13.1 Å². The third-order valence-electron chi connectivity index (χ3n) is 2.98. The van der Waals surface area contributed by atoms with Crippen molar-refractivity contribution < 1.29 is 0 Å². The van der Waals surface area contributed by atoms with Crippen LogP contribution >= 0.6 is 0 Å². The first kappa shape index (κ1) is 15.9. The highest BCUT2D eigenvalue weighted by molar-refractivity contribution is 4.61. The van der Waals surface area contributed by atoms with Gasteiger partial charge in [0.25, 0.3) is 0 Å². The molecule has 0 aliphatic rings. The van der Waals surface area contributed by atoms with Gasteiger partial charge in [0.15, 0.2) is 0 Å². The second kappa shape index (κ2) is 10.1. The number of rotatable bonds is 10. The molecule has 0 aromatic rings. The minimum Gasteiger partial charge on any atom is -0.330 e. The lowest BCUT2D eigenvalue weighted by Gasteiger charge is -2.24. The molecule has 2 N–H and O–H groups in total. The zero-order valence-electron chi connectivity index (χ0n) is 11.7. The smallest absolute Gasteiger partial charge is 0.0109 e. The Morgan fingerprint density at radius 3 is 2.25 bits per heavy atom. The first-order valence-electron chi connectivity index (χ1n) is 6.67. The van der Waals surface area contributed by atoms with Gasteiger partial charge in [-0.15, -0.1) is 0 Å². The van der Waals surface area contributed by atoms with E-state index in [0.717, 1.165) is 13.1 Å². The highest BCUT2D eigenvalue weighted by Gasteiger charge is 2.05. The van der Waals surface area contributed by atoms with Crippen molar-refractivity contribution in [1.82, 2.24) is 9.80 Å². The fourth-order valence-corrected chi connectivity index (χ4v) is 1.77.